The summed E-state index contributed by atoms with van der Waals surface area (Å²) in [5, 5.41) is 13.6. The van der Waals surface area contributed by atoms with Crippen LogP contribution >= 0.6 is 0 Å². The minimum Gasteiger partial charge on any atom is -0.350 e. The molecule has 0 aromatic rings. The summed E-state index contributed by atoms with van der Waals surface area (Å²) in [6.07, 6.45) is 1.76. The molecule has 40 heavy (non-hydrogen) atoms. The lowest BCUT2D eigenvalue weighted by molar-refractivity contribution is -0.174. The molecule has 230 valence electrons. The topological polar surface area (TPSA) is 119 Å². The standard InChI is InChI=1S/C12H18N2O.C11H17F3N2O2.C4H10.C2H4O/c1-2-3-9(8-13)6-10-7-12(4-5-12)14-11(10)15;1-7-5-16(6-10(7,2)3)8(17)4-15-9(18)11(12,13)14;1-4(2)3;1-2-3/h9-10H,2-7H2,1H3,(H,14,15);7H,4-6H2,1-3H3,(H,15,18);4H,1-3H3;2H,1H3/t9-,10?;7-;;/m00../s1. The quantitative estimate of drug-likeness (QED) is 0.432. The molecule has 0 bridgehead atoms. The van der Waals surface area contributed by atoms with E-state index in [0.29, 0.717) is 13.1 Å². The number of carbonyl (C=O) groups is 4. The summed E-state index contributed by atoms with van der Waals surface area (Å²) in [5.41, 5.74) is 0.109. The third kappa shape index (κ3) is 13.6. The van der Waals surface area contributed by atoms with Gasteiger partial charge in [-0.2, -0.15) is 18.4 Å². The van der Waals surface area contributed by atoms with Gasteiger partial charge in [0.05, 0.1) is 12.6 Å². The van der Waals surface area contributed by atoms with Gasteiger partial charge in [-0.15, -0.1) is 0 Å². The molecule has 1 spiro atoms. The number of hydrogen-bond donors (Lipinski definition) is 2. The van der Waals surface area contributed by atoms with E-state index in [9.17, 15) is 27.6 Å². The predicted molar refractivity (Wildman–Crippen MR) is 148 cm³/mol. The zero-order chi connectivity index (χ0) is 31.3. The number of nitrogens with zero attached hydrogens (tertiary/aromatic N) is 2. The van der Waals surface area contributed by atoms with Crippen molar-refractivity contribution in [2.45, 2.75) is 106 Å². The van der Waals surface area contributed by atoms with Crippen LogP contribution in [0.2, 0.25) is 0 Å². The molecule has 3 aliphatic rings. The van der Waals surface area contributed by atoms with Crippen molar-refractivity contribution in [3.63, 3.8) is 0 Å². The first kappa shape index (κ1) is 37.4. The van der Waals surface area contributed by atoms with E-state index in [-0.39, 0.29) is 34.6 Å². The monoisotopic (exact) mass is 574 g/mol. The zero-order valence-electron chi connectivity index (χ0n) is 25.4. The Balaban J connectivity index is 0.000000622. The van der Waals surface area contributed by atoms with E-state index >= 15 is 0 Å². The third-order valence-corrected chi connectivity index (χ3v) is 7.08. The lowest BCUT2D eigenvalue weighted by Crippen LogP contribution is -2.44. The fourth-order valence-electron chi connectivity index (χ4n) is 4.42. The normalized spacial score (nSPS) is 22.3. The highest BCUT2D eigenvalue weighted by Gasteiger charge is 2.52. The summed E-state index contributed by atoms with van der Waals surface area (Å²) < 4.78 is 35.8. The minimum atomic E-state index is -4.95. The summed E-state index contributed by atoms with van der Waals surface area (Å²) in [4.78, 5) is 44.2. The highest BCUT2D eigenvalue weighted by atomic mass is 19.4. The van der Waals surface area contributed by atoms with E-state index in [1.807, 2.05) is 20.8 Å². The van der Waals surface area contributed by atoms with Gasteiger partial charge in [0, 0.05) is 30.5 Å². The Bertz CT molecular complexity index is 877. The molecule has 3 atom stereocenters. The maximum atomic E-state index is 11.9. The van der Waals surface area contributed by atoms with Gasteiger partial charge in [0.25, 0.3) is 0 Å². The summed E-state index contributed by atoms with van der Waals surface area (Å²) in [7, 11) is 0. The molecule has 8 nitrogen and oxygen atoms in total. The fourth-order valence-corrected chi connectivity index (χ4v) is 4.42. The third-order valence-electron chi connectivity index (χ3n) is 7.08. The van der Waals surface area contributed by atoms with Gasteiger partial charge in [-0.1, -0.05) is 54.9 Å². The number of alkyl halides is 3. The number of amides is 3. The van der Waals surface area contributed by atoms with Crippen LogP contribution in [0, 0.1) is 40.4 Å². The van der Waals surface area contributed by atoms with Crippen LogP contribution in [0.1, 0.15) is 93.9 Å². The second kappa shape index (κ2) is 16.6. The maximum Gasteiger partial charge on any atom is 0.471 e. The van der Waals surface area contributed by atoms with Crippen molar-refractivity contribution in [2.75, 3.05) is 19.6 Å². The molecule has 1 unspecified atom stereocenters. The number of carbonyl (C=O) groups excluding carboxylic acids is 4. The first-order chi connectivity index (χ1) is 18.4. The number of aldehydes is 1. The molecule has 0 aromatic carbocycles. The van der Waals surface area contributed by atoms with Gasteiger partial charge in [0.15, 0.2) is 0 Å². The van der Waals surface area contributed by atoms with Crippen molar-refractivity contribution in [1.29, 1.82) is 5.26 Å². The zero-order valence-corrected chi connectivity index (χ0v) is 25.4. The molecule has 3 amide bonds. The van der Waals surface area contributed by atoms with Crippen molar-refractivity contribution in [1.82, 2.24) is 15.5 Å². The summed E-state index contributed by atoms with van der Waals surface area (Å²) in [6, 6.07) is 2.32. The molecule has 2 heterocycles. The Morgan fingerprint density at radius 3 is 2.12 bits per heavy atom. The van der Waals surface area contributed by atoms with Crippen molar-refractivity contribution in [3.05, 3.63) is 0 Å². The van der Waals surface area contributed by atoms with Gasteiger partial charge in [0.2, 0.25) is 11.8 Å². The molecule has 0 aromatic heterocycles. The molecule has 2 saturated heterocycles. The average molecular weight is 575 g/mol. The fraction of sp³-hybridized carbons (Fsp3) is 0.828. The lowest BCUT2D eigenvalue weighted by Gasteiger charge is -2.22. The summed E-state index contributed by atoms with van der Waals surface area (Å²) in [6.45, 7) is 16.4. The number of rotatable bonds is 6. The predicted octanol–water partition coefficient (Wildman–Crippen LogP) is 5.02. The molecule has 3 rings (SSSR count). The van der Waals surface area contributed by atoms with Gasteiger partial charge in [-0.05, 0) is 56.3 Å². The first-order valence-electron chi connectivity index (χ1n) is 14.1. The Kier molecular flexibility index (Phi) is 15.5. The molecular formula is C29H49F3N4O4. The van der Waals surface area contributed by atoms with Crippen LogP contribution in [0.15, 0.2) is 0 Å². The average Bonchev–Trinajstić information content (AvgIpc) is 3.42. The van der Waals surface area contributed by atoms with Crippen molar-refractivity contribution >= 4 is 24.0 Å². The molecule has 2 N–H and O–H groups in total. The molecule has 11 heteroatoms. The number of nitrogens with one attached hydrogen (secondary N) is 2. The maximum absolute atomic E-state index is 11.9. The number of halogens is 3. The van der Waals surface area contributed by atoms with Gasteiger partial charge in [-0.3, -0.25) is 14.4 Å². The van der Waals surface area contributed by atoms with E-state index in [1.165, 1.54) is 11.8 Å². The lowest BCUT2D eigenvalue weighted by atomic mass is 9.84. The highest BCUT2D eigenvalue weighted by Crippen LogP contribution is 2.46. The van der Waals surface area contributed by atoms with Crippen molar-refractivity contribution in [3.8, 4) is 6.07 Å². The van der Waals surface area contributed by atoms with Crippen LogP contribution in [-0.2, 0) is 19.2 Å². The summed E-state index contributed by atoms with van der Waals surface area (Å²) >= 11 is 0. The number of hydrogen-bond acceptors (Lipinski definition) is 5. The minimum absolute atomic E-state index is 0.0519. The Morgan fingerprint density at radius 2 is 1.77 bits per heavy atom. The van der Waals surface area contributed by atoms with Crippen molar-refractivity contribution in [2.24, 2.45) is 29.1 Å². The molecule has 0 radical (unpaired) electrons. The van der Waals surface area contributed by atoms with Gasteiger partial charge < -0.3 is 20.3 Å². The van der Waals surface area contributed by atoms with Crippen molar-refractivity contribution < 1.29 is 32.3 Å². The van der Waals surface area contributed by atoms with E-state index in [1.54, 1.807) is 5.32 Å². The van der Waals surface area contributed by atoms with E-state index in [0.717, 1.165) is 50.7 Å². The van der Waals surface area contributed by atoms with E-state index in [2.05, 4.69) is 39.1 Å². The van der Waals surface area contributed by atoms with Gasteiger partial charge >= 0.3 is 12.1 Å². The largest absolute Gasteiger partial charge is 0.471 e. The smallest absolute Gasteiger partial charge is 0.350 e. The second-order valence-corrected chi connectivity index (χ2v) is 12.3. The van der Waals surface area contributed by atoms with Crippen LogP contribution in [0.3, 0.4) is 0 Å². The van der Waals surface area contributed by atoms with Crippen LogP contribution in [-0.4, -0.2) is 60.3 Å². The Labute approximate surface area is 237 Å². The summed E-state index contributed by atoms with van der Waals surface area (Å²) in [5.74, 6) is -1.10. The van der Waals surface area contributed by atoms with Crippen LogP contribution < -0.4 is 10.6 Å². The molecule has 3 fully saturated rings. The second-order valence-electron chi connectivity index (χ2n) is 12.3. The molecule has 1 aliphatic carbocycles. The van der Waals surface area contributed by atoms with E-state index < -0.39 is 24.5 Å². The van der Waals surface area contributed by atoms with Crippen LogP contribution in [0.25, 0.3) is 0 Å². The van der Waals surface area contributed by atoms with Crippen LogP contribution in [0.5, 0.6) is 0 Å². The number of nitriles is 1. The highest BCUT2D eigenvalue weighted by molar-refractivity contribution is 5.87. The van der Waals surface area contributed by atoms with Gasteiger partial charge in [0.1, 0.15) is 6.29 Å². The number of likely N-dealkylation sites (tertiary alicyclic amines) is 1. The molecule has 2 aliphatic heterocycles. The van der Waals surface area contributed by atoms with Crippen LogP contribution in [0.4, 0.5) is 13.2 Å². The SMILES string of the molecule is CC(C)C.CC=O.CCC[C@H](C#N)CC1CC2(CC2)NC1=O.C[C@H]1CN(C(=O)CNC(=O)C(F)(F)F)CC1(C)C. The molecular weight excluding hydrogens is 525 g/mol. The van der Waals surface area contributed by atoms with Gasteiger partial charge in [-0.25, -0.2) is 0 Å². The molecule has 1 saturated carbocycles. The Morgan fingerprint density at radius 1 is 1.25 bits per heavy atom. The van der Waals surface area contributed by atoms with E-state index in [4.69, 9.17) is 10.1 Å². The Hall–Kier alpha value is -2.64. The first-order valence-corrected chi connectivity index (χ1v) is 14.1.